The summed E-state index contributed by atoms with van der Waals surface area (Å²) >= 11 is 0. The van der Waals surface area contributed by atoms with E-state index in [1.54, 1.807) is 13.0 Å². The van der Waals surface area contributed by atoms with E-state index in [1.807, 2.05) is 4.90 Å². The summed E-state index contributed by atoms with van der Waals surface area (Å²) in [4.78, 5) is 14.2. The molecule has 2 saturated carbocycles. The van der Waals surface area contributed by atoms with Gasteiger partial charge in [0.15, 0.2) is 0 Å². The Morgan fingerprint density at radius 1 is 1.23 bits per heavy atom. The molecule has 1 aromatic carbocycles. The first-order chi connectivity index (χ1) is 12.1. The number of alkyl halides is 3. The molecule has 1 spiro atoms. The smallest absolute Gasteiger partial charge is 0.390 e. The molecule has 1 N–H and O–H groups in total. The topological polar surface area (TPSA) is 40.5 Å². The molecule has 1 aromatic rings. The van der Waals surface area contributed by atoms with Gasteiger partial charge in [-0.15, -0.1) is 0 Å². The van der Waals surface area contributed by atoms with Gasteiger partial charge in [-0.2, -0.15) is 13.2 Å². The number of benzene rings is 1. The first-order valence-electron chi connectivity index (χ1n) is 9.23. The van der Waals surface area contributed by atoms with E-state index >= 15 is 0 Å². The molecule has 26 heavy (non-hydrogen) atoms. The van der Waals surface area contributed by atoms with Gasteiger partial charge in [-0.05, 0) is 56.6 Å². The van der Waals surface area contributed by atoms with Crippen LogP contribution in [-0.4, -0.2) is 34.6 Å². The molecule has 3 nitrogen and oxygen atoms in total. The summed E-state index contributed by atoms with van der Waals surface area (Å²) in [6, 6.07) is 5.60. The van der Waals surface area contributed by atoms with Gasteiger partial charge in [0.2, 0.25) is 5.91 Å². The fraction of sp³-hybridized carbons (Fsp3) is 0.650. The summed E-state index contributed by atoms with van der Waals surface area (Å²) in [6.07, 6.45) is -0.561. The van der Waals surface area contributed by atoms with Crippen LogP contribution in [0.4, 0.5) is 13.2 Å². The predicted octanol–water partition coefficient (Wildman–Crippen LogP) is 3.65. The molecule has 1 amide bonds. The van der Waals surface area contributed by atoms with Crippen LogP contribution in [0.5, 0.6) is 0 Å². The maximum atomic E-state index is 12.8. The van der Waals surface area contributed by atoms with Crippen LogP contribution in [-0.2, 0) is 17.4 Å². The largest absolute Gasteiger partial charge is 0.416 e. The summed E-state index contributed by atoms with van der Waals surface area (Å²) in [7, 11) is 0. The highest BCUT2D eigenvalue weighted by atomic mass is 19.4. The van der Waals surface area contributed by atoms with Gasteiger partial charge in [-0.1, -0.05) is 18.2 Å². The molecular formula is C20H24F3NO2. The molecule has 0 bridgehead atoms. The number of nitrogens with zero attached hydrogens (tertiary/aromatic N) is 1. The van der Waals surface area contributed by atoms with Crippen molar-refractivity contribution in [2.75, 3.05) is 13.1 Å². The van der Waals surface area contributed by atoms with Crippen molar-refractivity contribution in [1.29, 1.82) is 0 Å². The van der Waals surface area contributed by atoms with E-state index in [9.17, 15) is 23.1 Å². The van der Waals surface area contributed by atoms with E-state index in [0.717, 1.165) is 37.6 Å². The lowest BCUT2D eigenvalue weighted by atomic mass is 9.56. The highest BCUT2D eigenvalue weighted by Gasteiger charge is 2.55. The Balaban J connectivity index is 1.25. The monoisotopic (exact) mass is 367 g/mol. The van der Waals surface area contributed by atoms with Crippen molar-refractivity contribution in [3.05, 3.63) is 35.4 Å². The molecule has 1 aliphatic heterocycles. The van der Waals surface area contributed by atoms with Crippen molar-refractivity contribution in [2.45, 2.75) is 50.8 Å². The Labute approximate surface area is 151 Å². The lowest BCUT2D eigenvalue weighted by Crippen LogP contribution is -2.66. The van der Waals surface area contributed by atoms with E-state index < -0.39 is 17.3 Å². The third-order valence-corrected chi connectivity index (χ3v) is 6.31. The van der Waals surface area contributed by atoms with E-state index in [4.69, 9.17) is 0 Å². The maximum Gasteiger partial charge on any atom is 0.416 e. The zero-order valence-electron chi connectivity index (χ0n) is 14.9. The molecule has 1 heterocycles. The van der Waals surface area contributed by atoms with Crippen molar-refractivity contribution >= 4 is 5.91 Å². The highest BCUT2D eigenvalue weighted by molar-refractivity contribution is 5.81. The van der Waals surface area contributed by atoms with E-state index in [2.05, 4.69) is 0 Å². The van der Waals surface area contributed by atoms with Crippen LogP contribution in [0.1, 0.15) is 43.7 Å². The Kier molecular flexibility index (Phi) is 3.92. The van der Waals surface area contributed by atoms with Crippen molar-refractivity contribution in [1.82, 2.24) is 4.90 Å². The number of carbonyl (C=O) groups is 1. The molecule has 6 heteroatoms. The number of halogens is 3. The molecule has 0 radical (unpaired) electrons. The minimum absolute atomic E-state index is 0.0386. The molecule has 1 saturated heterocycles. The van der Waals surface area contributed by atoms with E-state index in [1.165, 1.54) is 12.1 Å². The second kappa shape index (κ2) is 5.72. The van der Waals surface area contributed by atoms with Gasteiger partial charge >= 0.3 is 6.18 Å². The van der Waals surface area contributed by atoms with Crippen molar-refractivity contribution in [3.8, 4) is 0 Å². The number of likely N-dealkylation sites (tertiary alicyclic amines) is 1. The van der Waals surface area contributed by atoms with Gasteiger partial charge in [0.1, 0.15) is 0 Å². The zero-order valence-corrected chi connectivity index (χ0v) is 14.9. The van der Waals surface area contributed by atoms with Gasteiger partial charge < -0.3 is 10.0 Å². The van der Waals surface area contributed by atoms with E-state index in [-0.39, 0.29) is 17.2 Å². The molecule has 3 fully saturated rings. The summed E-state index contributed by atoms with van der Waals surface area (Å²) in [5.74, 6) is 0.520. The molecule has 142 valence electrons. The Morgan fingerprint density at radius 3 is 2.46 bits per heavy atom. The third kappa shape index (κ3) is 3.24. The summed E-state index contributed by atoms with van der Waals surface area (Å²) in [6.45, 7) is 3.30. The van der Waals surface area contributed by atoms with Crippen LogP contribution in [0.15, 0.2) is 24.3 Å². The van der Waals surface area contributed by atoms with Crippen LogP contribution >= 0.6 is 0 Å². The normalized spacial score (nSPS) is 30.5. The fourth-order valence-electron chi connectivity index (χ4n) is 5.13. The van der Waals surface area contributed by atoms with Crippen LogP contribution in [0.25, 0.3) is 0 Å². The van der Waals surface area contributed by atoms with Crippen LogP contribution in [0.2, 0.25) is 0 Å². The second-order valence-electron chi connectivity index (χ2n) is 8.97. The second-order valence-corrected chi connectivity index (χ2v) is 8.97. The lowest BCUT2D eigenvalue weighted by Gasteiger charge is -2.60. The number of aliphatic hydroxyl groups is 1. The van der Waals surface area contributed by atoms with Gasteiger partial charge in [0, 0.05) is 24.4 Å². The average Bonchev–Trinajstić information content (AvgIpc) is 2.44. The minimum atomic E-state index is -4.29. The Morgan fingerprint density at radius 2 is 1.88 bits per heavy atom. The standard InChI is InChI=1S/C20H24F3NO2/c1-18(26)9-15(10-18)17(25)24-11-19(12-24)7-14(8-19)5-13-3-2-4-16(6-13)20(21,22)23/h2-4,6,14-15,26H,5,7-12H2,1H3. The highest BCUT2D eigenvalue weighted by Crippen LogP contribution is 2.54. The SMILES string of the molecule is CC1(O)CC(C(=O)N2CC3(CC(Cc4cccc(C(F)(F)F)c4)C3)C2)C1. The fourth-order valence-corrected chi connectivity index (χ4v) is 5.13. The molecule has 0 unspecified atom stereocenters. The molecule has 2 aliphatic carbocycles. The first-order valence-corrected chi connectivity index (χ1v) is 9.23. The number of amides is 1. The number of hydrogen-bond acceptors (Lipinski definition) is 2. The quantitative estimate of drug-likeness (QED) is 0.886. The van der Waals surface area contributed by atoms with Crippen LogP contribution in [0.3, 0.4) is 0 Å². The molecule has 3 aliphatic rings. The van der Waals surface area contributed by atoms with Gasteiger partial charge in [0.05, 0.1) is 11.2 Å². The Hall–Kier alpha value is -1.56. The number of hydrogen-bond donors (Lipinski definition) is 1. The van der Waals surface area contributed by atoms with E-state index in [0.29, 0.717) is 25.2 Å². The Bertz CT molecular complexity index is 706. The summed E-state index contributed by atoms with van der Waals surface area (Å²) in [5.41, 5.74) is -0.339. The molecule has 4 rings (SSSR count). The van der Waals surface area contributed by atoms with Gasteiger partial charge in [-0.25, -0.2) is 0 Å². The zero-order chi connectivity index (χ0) is 18.7. The lowest BCUT2D eigenvalue weighted by molar-refractivity contribution is -0.171. The van der Waals surface area contributed by atoms with Crippen LogP contribution < -0.4 is 0 Å². The van der Waals surface area contributed by atoms with Crippen LogP contribution in [0, 0.1) is 17.3 Å². The van der Waals surface area contributed by atoms with Crippen molar-refractivity contribution in [2.24, 2.45) is 17.3 Å². The predicted molar refractivity (Wildman–Crippen MR) is 90.2 cm³/mol. The first kappa shape index (κ1) is 17.8. The average molecular weight is 367 g/mol. The minimum Gasteiger partial charge on any atom is -0.390 e. The molecule has 0 aromatic heterocycles. The van der Waals surface area contributed by atoms with Gasteiger partial charge in [-0.3, -0.25) is 4.79 Å². The molecule has 0 atom stereocenters. The number of rotatable bonds is 3. The third-order valence-electron chi connectivity index (χ3n) is 6.31. The molecular weight excluding hydrogens is 343 g/mol. The number of carbonyl (C=O) groups excluding carboxylic acids is 1. The summed E-state index contributed by atoms with van der Waals surface area (Å²) in [5, 5.41) is 9.77. The van der Waals surface area contributed by atoms with Crippen molar-refractivity contribution < 1.29 is 23.1 Å². The van der Waals surface area contributed by atoms with Gasteiger partial charge in [0.25, 0.3) is 0 Å². The summed E-state index contributed by atoms with van der Waals surface area (Å²) < 4.78 is 38.4. The maximum absolute atomic E-state index is 12.8. The van der Waals surface area contributed by atoms with Crippen molar-refractivity contribution in [3.63, 3.8) is 0 Å².